The van der Waals surface area contributed by atoms with E-state index in [1.54, 1.807) is 11.3 Å². The maximum atomic E-state index is 12.4. The number of aromatic nitrogens is 2. The van der Waals surface area contributed by atoms with E-state index >= 15 is 0 Å². The van der Waals surface area contributed by atoms with Crippen molar-refractivity contribution < 1.29 is 4.79 Å². The van der Waals surface area contributed by atoms with Crippen molar-refractivity contribution in [1.29, 1.82) is 0 Å². The average Bonchev–Trinajstić information content (AvgIpc) is 3.45. The zero-order valence-corrected chi connectivity index (χ0v) is 18.8. The fourth-order valence-corrected chi connectivity index (χ4v) is 4.90. The smallest absolute Gasteiger partial charge is 0.241 e. The van der Waals surface area contributed by atoms with E-state index in [9.17, 15) is 4.79 Å². The molecule has 0 saturated carbocycles. The number of amides is 1. The van der Waals surface area contributed by atoms with Crippen LogP contribution in [0.1, 0.15) is 26.7 Å². The van der Waals surface area contributed by atoms with Crippen LogP contribution >= 0.6 is 11.3 Å². The standard InChI is InChI=1S/C21H23N5OS.C2H6/c1-24-10-11-26(20(27)14-24)16-5-6-17-18(12-16)28-21(23-17)15-4-7-19(22-13-15)25-8-2-3-9-25;1-2/h4-7,12-13H,2-3,8-11,14H2,1H3;1-2H3. The van der Waals surface area contributed by atoms with Crippen LogP contribution in [0, 0.1) is 0 Å². The van der Waals surface area contributed by atoms with E-state index in [1.807, 2.05) is 44.1 Å². The Morgan fingerprint density at radius 3 is 2.50 bits per heavy atom. The number of thiazole rings is 1. The number of nitrogens with zero attached hydrogens (tertiary/aromatic N) is 5. The second kappa shape index (κ2) is 9.10. The van der Waals surface area contributed by atoms with E-state index in [0.29, 0.717) is 6.54 Å². The van der Waals surface area contributed by atoms with Crippen molar-refractivity contribution in [1.82, 2.24) is 14.9 Å². The number of carbonyl (C=O) groups excluding carboxylic acids is 1. The lowest BCUT2D eigenvalue weighted by molar-refractivity contribution is -0.120. The Bertz CT molecular complexity index is 1010. The van der Waals surface area contributed by atoms with Gasteiger partial charge in [-0.3, -0.25) is 9.69 Å². The van der Waals surface area contributed by atoms with Gasteiger partial charge in [0.25, 0.3) is 0 Å². The van der Waals surface area contributed by atoms with Crippen molar-refractivity contribution in [2.45, 2.75) is 26.7 Å². The molecule has 0 aliphatic carbocycles. The molecule has 2 fully saturated rings. The number of piperazine rings is 1. The topological polar surface area (TPSA) is 52.6 Å². The summed E-state index contributed by atoms with van der Waals surface area (Å²) in [6.07, 6.45) is 4.43. The summed E-state index contributed by atoms with van der Waals surface area (Å²) in [5.41, 5.74) is 2.97. The van der Waals surface area contributed by atoms with Gasteiger partial charge in [-0.05, 0) is 50.2 Å². The van der Waals surface area contributed by atoms with Gasteiger partial charge in [-0.1, -0.05) is 13.8 Å². The second-order valence-corrected chi connectivity index (χ2v) is 8.58. The average molecular weight is 424 g/mol. The Hall–Kier alpha value is -2.51. The minimum absolute atomic E-state index is 0.152. The molecule has 3 aromatic rings. The predicted octanol–water partition coefficient (Wildman–Crippen LogP) is 4.26. The van der Waals surface area contributed by atoms with E-state index in [0.717, 1.165) is 58.5 Å². The van der Waals surface area contributed by atoms with Gasteiger partial charge >= 0.3 is 0 Å². The maximum Gasteiger partial charge on any atom is 0.241 e. The second-order valence-electron chi connectivity index (χ2n) is 7.55. The molecule has 0 atom stereocenters. The van der Waals surface area contributed by atoms with Crippen molar-refractivity contribution in [2.75, 3.05) is 49.6 Å². The summed E-state index contributed by atoms with van der Waals surface area (Å²) in [4.78, 5) is 28.1. The molecular formula is C23H29N5OS. The van der Waals surface area contributed by atoms with Crippen LogP contribution in [0.5, 0.6) is 0 Å². The highest BCUT2D eigenvalue weighted by atomic mass is 32.1. The molecule has 2 aromatic heterocycles. The summed E-state index contributed by atoms with van der Waals surface area (Å²) < 4.78 is 1.10. The number of fused-ring (bicyclic) bond motifs is 1. The monoisotopic (exact) mass is 423 g/mol. The fourth-order valence-electron chi connectivity index (χ4n) is 3.91. The SMILES string of the molecule is CC.CN1CCN(c2ccc3nc(-c4ccc(N5CCCC5)nc4)sc3c2)C(=O)C1. The largest absolute Gasteiger partial charge is 0.357 e. The van der Waals surface area contributed by atoms with E-state index in [-0.39, 0.29) is 5.91 Å². The molecule has 0 bridgehead atoms. The molecule has 4 heterocycles. The Morgan fingerprint density at radius 1 is 1.00 bits per heavy atom. The fraction of sp³-hybridized carbons (Fsp3) is 0.435. The maximum absolute atomic E-state index is 12.4. The summed E-state index contributed by atoms with van der Waals surface area (Å²) >= 11 is 1.66. The minimum atomic E-state index is 0.152. The molecular weight excluding hydrogens is 394 g/mol. The number of pyridine rings is 1. The van der Waals surface area contributed by atoms with Crippen molar-refractivity contribution in [3.05, 3.63) is 36.5 Å². The molecule has 158 valence electrons. The van der Waals surface area contributed by atoms with Crippen LogP contribution in [0.2, 0.25) is 0 Å². The lowest BCUT2D eigenvalue weighted by Gasteiger charge is -2.32. The minimum Gasteiger partial charge on any atom is -0.357 e. The van der Waals surface area contributed by atoms with Gasteiger partial charge in [-0.15, -0.1) is 11.3 Å². The van der Waals surface area contributed by atoms with Gasteiger partial charge in [0.05, 0.1) is 16.8 Å². The molecule has 2 aliphatic heterocycles. The lowest BCUT2D eigenvalue weighted by atomic mass is 10.2. The summed E-state index contributed by atoms with van der Waals surface area (Å²) in [6.45, 7) is 8.30. The number of hydrogen-bond donors (Lipinski definition) is 0. The normalized spacial score (nSPS) is 17.4. The molecule has 2 saturated heterocycles. The van der Waals surface area contributed by atoms with Crippen LogP contribution in [-0.4, -0.2) is 60.5 Å². The van der Waals surface area contributed by atoms with E-state index in [2.05, 4.69) is 33.0 Å². The van der Waals surface area contributed by atoms with Crippen molar-refractivity contribution in [2.24, 2.45) is 0 Å². The molecule has 0 N–H and O–H groups in total. The molecule has 7 heteroatoms. The van der Waals surface area contributed by atoms with Gasteiger partial charge in [0.1, 0.15) is 10.8 Å². The van der Waals surface area contributed by atoms with Gasteiger partial charge in [0, 0.05) is 43.6 Å². The molecule has 0 spiro atoms. The summed E-state index contributed by atoms with van der Waals surface area (Å²) in [6, 6.07) is 10.3. The Labute approximate surface area is 182 Å². The van der Waals surface area contributed by atoms with Crippen LogP contribution in [0.4, 0.5) is 11.5 Å². The number of hydrogen-bond acceptors (Lipinski definition) is 6. The van der Waals surface area contributed by atoms with Gasteiger partial charge < -0.3 is 9.80 Å². The third-order valence-corrected chi connectivity index (χ3v) is 6.59. The Morgan fingerprint density at radius 2 is 1.80 bits per heavy atom. The van der Waals surface area contributed by atoms with E-state index in [4.69, 9.17) is 4.98 Å². The van der Waals surface area contributed by atoms with Crippen molar-refractivity contribution in [3.63, 3.8) is 0 Å². The number of carbonyl (C=O) groups is 1. The first-order chi connectivity index (χ1) is 14.7. The van der Waals surface area contributed by atoms with Crippen molar-refractivity contribution in [3.8, 4) is 10.6 Å². The van der Waals surface area contributed by atoms with Gasteiger partial charge in [-0.25, -0.2) is 9.97 Å². The molecule has 2 aliphatic rings. The highest BCUT2D eigenvalue weighted by Crippen LogP contribution is 2.33. The van der Waals surface area contributed by atoms with Crippen LogP contribution in [0.15, 0.2) is 36.5 Å². The zero-order chi connectivity index (χ0) is 21.1. The number of rotatable bonds is 3. The highest BCUT2D eigenvalue weighted by Gasteiger charge is 2.23. The first kappa shape index (κ1) is 20.8. The summed E-state index contributed by atoms with van der Waals surface area (Å²) in [5.74, 6) is 1.21. The van der Waals surface area contributed by atoms with Crippen LogP contribution in [0.3, 0.4) is 0 Å². The molecule has 6 nitrogen and oxygen atoms in total. The highest BCUT2D eigenvalue weighted by molar-refractivity contribution is 7.21. The number of likely N-dealkylation sites (N-methyl/N-ethyl adjacent to an activating group) is 1. The van der Waals surface area contributed by atoms with Gasteiger partial charge in [0.15, 0.2) is 0 Å². The predicted molar refractivity (Wildman–Crippen MR) is 125 cm³/mol. The van der Waals surface area contributed by atoms with Crippen molar-refractivity contribution >= 4 is 39.0 Å². The number of benzene rings is 1. The van der Waals surface area contributed by atoms with Gasteiger partial charge in [0.2, 0.25) is 5.91 Å². The molecule has 0 unspecified atom stereocenters. The summed E-state index contributed by atoms with van der Waals surface area (Å²) in [5, 5.41) is 0.970. The molecule has 1 amide bonds. The Kier molecular flexibility index (Phi) is 6.29. The molecule has 30 heavy (non-hydrogen) atoms. The molecule has 5 rings (SSSR count). The number of anilines is 2. The molecule has 1 aromatic carbocycles. The third-order valence-electron chi connectivity index (χ3n) is 5.52. The first-order valence-corrected chi connectivity index (χ1v) is 11.6. The van der Waals surface area contributed by atoms with E-state index in [1.165, 1.54) is 12.8 Å². The zero-order valence-electron chi connectivity index (χ0n) is 18.0. The quantitative estimate of drug-likeness (QED) is 0.630. The summed E-state index contributed by atoms with van der Waals surface area (Å²) in [7, 11) is 1.98. The molecule has 0 radical (unpaired) electrons. The van der Waals surface area contributed by atoms with Crippen LogP contribution in [0.25, 0.3) is 20.8 Å². The lowest BCUT2D eigenvalue weighted by Crippen LogP contribution is -2.48. The van der Waals surface area contributed by atoms with Gasteiger partial charge in [-0.2, -0.15) is 0 Å². The van der Waals surface area contributed by atoms with Crippen LogP contribution < -0.4 is 9.80 Å². The van der Waals surface area contributed by atoms with Crippen LogP contribution in [-0.2, 0) is 4.79 Å². The Balaban J connectivity index is 0.00000106. The third kappa shape index (κ3) is 4.18. The first-order valence-electron chi connectivity index (χ1n) is 10.8. The van der Waals surface area contributed by atoms with E-state index < -0.39 is 0 Å².